The van der Waals surface area contributed by atoms with Crippen molar-refractivity contribution >= 4 is 23.2 Å². The summed E-state index contributed by atoms with van der Waals surface area (Å²) in [6.45, 7) is 4.28. The summed E-state index contributed by atoms with van der Waals surface area (Å²) in [4.78, 5) is 0. The summed E-state index contributed by atoms with van der Waals surface area (Å²) >= 11 is 12.2. The molecule has 16 heavy (non-hydrogen) atoms. The second-order valence-corrected chi connectivity index (χ2v) is 5.28. The molecule has 0 fully saturated rings. The predicted molar refractivity (Wildman–Crippen MR) is 68.8 cm³/mol. The van der Waals surface area contributed by atoms with E-state index >= 15 is 0 Å². The lowest BCUT2D eigenvalue weighted by Crippen LogP contribution is -2.10. The van der Waals surface area contributed by atoms with Crippen molar-refractivity contribution in [3.05, 3.63) is 34.6 Å². The summed E-state index contributed by atoms with van der Waals surface area (Å²) in [6.07, 6.45) is 2.48. The minimum Gasteiger partial charge on any atom is -0.207 e. The Hall–Kier alpha value is -0.270. The average molecular weight is 263 g/mol. The highest BCUT2D eigenvalue weighted by atomic mass is 35.5. The van der Waals surface area contributed by atoms with Crippen molar-refractivity contribution in [3.63, 3.8) is 0 Å². The van der Waals surface area contributed by atoms with Gasteiger partial charge >= 0.3 is 0 Å². The smallest absolute Gasteiger partial charge is 0.127 e. The second-order valence-electron chi connectivity index (χ2n) is 4.25. The van der Waals surface area contributed by atoms with Crippen LogP contribution in [-0.2, 0) is 6.42 Å². The van der Waals surface area contributed by atoms with Crippen LogP contribution in [0.2, 0.25) is 5.02 Å². The van der Waals surface area contributed by atoms with Gasteiger partial charge in [-0.2, -0.15) is 0 Å². The molecule has 3 heteroatoms. The van der Waals surface area contributed by atoms with Crippen LogP contribution in [0.15, 0.2) is 18.2 Å². The largest absolute Gasteiger partial charge is 0.207 e. The number of hydrogen-bond acceptors (Lipinski definition) is 0. The van der Waals surface area contributed by atoms with Crippen LogP contribution in [0.5, 0.6) is 0 Å². The van der Waals surface area contributed by atoms with Gasteiger partial charge in [0.05, 0.1) is 0 Å². The highest BCUT2D eigenvalue weighted by Crippen LogP contribution is 2.25. The fourth-order valence-electron chi connectivity index (χ4n) is 1.64. The molecule has 0 N–H and O–H groups in total. The zero-order valence-electron chi connectivity index (χ0n) is 9.64. The van der Waals surface area contributed by atoms with Crippen LogP contribution in [0, 0.1) is 11.7 Å². The van der Waals surface area contributed by atoms with Gasteiger partial charge < -0.3 is 0 Å². The highest BCUT2D eigenvalue weighted by Gasteiger charge is 2.14. The maximum Gasteiger partial charge on any atom is 0.127 e. The minimum absolute atomic E-state index is 0.0515. The highest BCUT2D eigenvalue weighted by molar-refractivity contribution is 6.31. The molecule has 0 nitrogen and oxygen atoms in total. The standard InChI is InChI=1S/C13H17Cl2F/c1-3-9(2)7-10(14)8-11-12(15)5-4-6-13(11)16/h4-6,9-10H,3,7-8H2,1-2H3. The zero-order chi connectivity index (χ0) is 12.1. The van der Waals surface area contributed by atoms with Crippen molar-refractivity contribution in [1.29, 1.82) is 0 Å². The van der Waals surface area contributed by atoms with E-state index in [-0.39, 0.29) is 11.2 Å². The van der Waals surface area contributed by atoms with Crippen molar-refractivity contribution in [3.8, 4) is 0 Å². The molecule has 1 aromatic rings. The van der Waals surface area contributed by atoms with Crippen LogP contribution in [0.1, 0.15) is 32.3 Å². The van der Waals surface area contributed by atoms with E-state index in [9.17, 15) is 4.39 Å². The lowest BCUT2D eigenvalue weighted by molar-refractivity contribution is 0.495. The van der Waals surface area contributed by atoms with Crippen LogP contribution < -0.4 is 0 Å². The molecule has 1 rings (SSSR count). The fourth-order valence-corrected chi connectivity index (χ4v) is 2.33. The third-order valence-electron chi connectivity index (χ3n) is 2.84. The van der Waals surface area contributed by atoms with Crippen molar-refractivity contribution in [2.24, 2.45) is 5.92 Å². The third kappa shape index (κ3) is 3.95. The summed E-state index contributed by atoms with van der Waals surface area (Å²) in [7, 11) is 0. The Morgan fingerprint density at radius 2 is 2.06 bits per heavy atom. The van der Waals surface area contributed by atoms with Gasteiger partial charge in [0, 0.05) is 16.0 Å². The number of alkyl halides is 1. The van der Waals surface area contributed by atoms with Crippen molar-refractivity contribution in [2.75, 3.05) is 0 Å². The molecule has 0 spiro atoms. The summed E-state index contributed by atoms with van der Waals surface area (Å²) in [5, 5.41) is 0.416. The molecule has 0 aliphatic carbocycles. The van der Waals surface area contributed by atoms with Gasteiger partial charge in [0.25, 0.3) is 0 Å². The van der Waals surface area contributed by atoms with Gasteiger partial charge in [-0.1, -0.05) is 37.9 Å². The molecule has 0 aromatic heterocycles. The van der Waals surface area contributed by atoms with Crippen LogP contribution in [0.25, 0.3) is 0 Å². The quantitative estimate of drug-likeness (QED) is 0.651. The van der Waals surface area contributed by atoms with Crippen molar-refractivity contribution in [2.45, 2.75) is 38.5 Å². The van der Waals surface area contributed by atoms with Gasteiger partial charge in [0.15, 0.2) is 0 Å². The number of benzene rings is 1. The Kier molecular flexibility index (Phi) is 5.57. The lowest BCUT2D eigenvalue weighted by atomic mass is 9.98. The van der Waals surface area contributed by atoms with E-state index in [2.05, 4.69) is 13.8 Å². The van der Waals surface area contributed by atoms with Crippen LogP contribution in [0.4, 0.5) is 4.39 Å². The Bertz CT molecular complexity index is 318. The first kappa shape index (κ1) is 13.8. The molecule has 0 heterocycles. The van der Waals surface area contributed by atoms with E-state index in [0.29, 0.717) is 22.9 Å². The van der Waals surface area contributed by atoms with Crippen molar-refractivity contribution in [1.82, 2.24) is 0 Å². The minimum atomic E-state index is -0.262. The average Bonchev–Trinajstić information content (AvgIpc) is 2.23. The first-order chi connectivity index (χ1) is 7.54. The fraction of sp³-hybridized carbons (Fsp3) is 0.538. The summed E-state index contributed by atoms with van der Waals surface area (Å²) in [6, 6.07) is 4.74. The van der Waals surface area contributed by atoms with E-state index < -0.39 is 0 Å². The molecule has 0 amide bonds. The van der Waals surface area contributed by atoms with E-state index in [4.69, 9.17) is 23.2 Å². The molecule has 0 aliphatic heterocycles. The summed E-state index contributed by atoms with van der Waals surface area (Å²) < 4.78 is 13.5. The van der Waals surface area contributed by atoms with E-state index in [1.807, 2.05) is 0 Å². The van der Waals surface area contributed by atoms with Crippen LogP contribution in [0.3, 0.4) is 0 Å². The number of halogens is 3. The van der Waals surface area contributed by atoms with Gasteiger partial charge in [-0.15, -0.1) is 11.6 Å². The third-order valence-corrected chi connectivity index (χ3v) is 3.53. The molecule has 0 aliphatic rings. The van der Waals surface area contributed by atoms with Crippen LogP contribution in [-0.4, -0.2) is 5.38 Å². The first-order valence-corrected chi connectivity index (χ1v) is 6.43. The van der Waals surface area contributed by atoms with Gasteiger partial charge in [0.2, 0.25) is 0 Å². The Labute approximate surface area is 107 Å². The molecule has 0 saturated carbocycles. The zero-order valence-corrected chi connectivity index (χ0v) is 11.2. The normalized spacial score (nSPS) is 14.8. The molecular formula is C13H17Cl2F. The maximum atomic E-state index is 13.5. The molecule has 0 radical (unpaired) electrons. The predicted octanol–water partition coefficient (Wildman–Crippen LogP) is 5.07. The number of rotatable bonds is 5. The topological polar surface area (TPSA) is 0 Å². The van der Waals surface area contributed by atoms with Crippen LogP contribution >= 0.6 is 23.2 Å². The monoisotopic (exact) mass is 262 g/mol. The molecule has 1 aromatic carbocycles. The maximum absolute atomic E-state index is 13.5. The first-order valence-electron chi connectivity index (χ1n) is 5.61. The molecule has 2 unspecified atom stereocenters. The van der Waals surface area contributed by atoms with Crippen molar-refractivity contribution < 1.29 is 4.39 Å². The lowest BCUT2D eigenvalue weighted by Gasteiger charge is -2.15. The molecule has 90 valence electrons. The molecule has 2 atom stereocenters. The summed E-state index contributed by atoms with van der Waals surface area (Å²) in [5.41, 5.74) is 0.535. The summed E-state index contributed by atoms with van der Waals surface area (Å²) in [5.74, 6) is 0.301. The molecule has 0 bridgehead atoms. The number of hydrogen-bond donors (Lipinski definition) is 0. The second kappa shape index (κ2) is 6.46. The van der Waals surface area contributed by atoms with E-state index in [1.54, 1.807) is 12.1 Å². The Morgan fingerprint density at radius 3 is 2.62 bits per heavy atom. The van der Waals surface area contributed by atoms with Gasteiger partial charge in [-0.3, -0.25) is 0 Å². The van der Waals surface area contributed by atoms with E-state index in [0.717, 1.165) is 12.8 Å². The molecule has 0 saturated heterocycles. The van der Waals surface area contributed by atoms with Gasteiger partial charge in [-0.05, 0) is 30.9 Å². The van der Waals surface area contributed by atoms with Gasteiger partial charge in [-0.25, -0.2) is 4.39 Å². The SMILES string of the molecule is CCC(C)CC(Cl)Cc1c(F)cccc1Cl. The Morgan fingerprint density at radius 1 is 1.38 bits per heavy atom. The van der Waals surface area contributed by atoms with E-state index in [1.165, 1.54) is 6.07 Å². The Balaban J connectivity index is 2.66. The van der Waals surface area contributed by atoms with Gasteiger partial charge in [0.1, 0.15) is 5.82 Å². The molecular weight excluding hydrogens is 246 g/mol.